The van der Waals surface area contributed by atoms with Crippen LogP contribution in [0.1, 0.15) is 25.7 Å². The summed E-state index contributed by atoms with van der Waals surface area (Å²) in [5.41, 5.74) is 5.60. The van der Waals surface area contributed by atoms with Crippen molar-refractivity contribution in [2.75, 3.05) is 0 Å². The first-order valence-electron chi connectivity index (χ1n) is 3.77. The molecule has 1 aliphatic carbocycles. The summed E-state index contributed by atoms with van der Waals surface area (Å²) >= 11 is 0. The highest BCUT2D eigenvalue weighted by Gasteiger charge is 2.24. The van der Waals surface area contributed by atoms with Gasteiger partial charge in [-0.3, -0.25) is 0 Å². The normalized spacial score (nSPS) is 31.4. The van der Waals surface area contributed by atoms with E-state index < -0.39 is 5.09 Å². The zero-order chi connectivity index (χ0) is 8.27. The summed E-state index contributed by atoms with van der Waals surface area (Å²) in [6.07, 6.45) is 3.20. The van der Waals surface area contributed by atoms with Crippen LogP contribution in [0.3, 0.4) is 0 Å². The molecule has 0 spiro atoms. The van der Waals surface area contributed by atoms with Crippen LogP contribution in [-0.2, 0) is 4.84 Å². The Balaban J connectivity index is 2.35. The Morgan fingerprint density at radius 1 is 1.45 bits per heavy atom. The standard InChI is InChI=1S/C6H12N2O3/c7-5-3-1-2-4-6(5)11-8(9)10/h5-6H,1-4,7H2. The van der Waals surface area contributed by atoms with Crippen LogP contribution in [0.4, 0.5) is 0 Å². The van der Waals surface area contributed by atoms with Crippen LogP contribution in [0.25, 0.3) is 0 Å². The number of hydrogen-bond donors (Lipinski definition) is 1. The molecule has 5 nitrogen and oxygen atoms in total. The maximum absolute atomic E-state index is 9.94. The van der Waals surface area contributed by atoms with Crippen LogP contribution >= 0.6 is 0 Å². The van der Waals surface area contributed by atoms with Crippen molar-refractivity contribution in [1.82, 2.24) is 0 Å². The van der Waals surface area contributed by atoms with E-state index in [1.54, 1.807) is 0 Å². The Hall–Kier alpha value is -0.840. The molecule has 0 aliphatic heterocycles. The van der Waals surface area contributed by atoms with E-state index in [-0.39, 0.29) is 12.1 Å². The summed E-state index contributed by atoms with van der Waals surface area (Å²) in [6.45, 7) is 0. The summed E-state index contributed by atoms with van der Waals surface area (Å²) in [4.78, 5) is 14.3. The molecule has 11 heavy (non-hydrogen) atoms. The topological polar surface area (TPSA) is 78.4 Å². The first-order chi connectivity index (χ1) is 5.20. The minimum atomic E-state index is -0.754. The maximum Gasteiger partial charge on any atom is 0.294 e. The van der Waals surface area contributed by atoms with Gasteiger partial charge in [-0.1, -0.05) is 12.8 Å². The molecule has 2 N–H and O–H groups in total. The van der Waals surface area contributed by atoms with E-state index in [0.717, 1.165) is 19.3 Å². The van der Waals surface area contributed by atoms with Gasteiger partial charge < -0.3 is 10.6 Å². The zero-order valence-electron chi connectivity index (χ0n) is 6.23. The van der Waals surface area contributed by atoms with Crippen molar-refractivity contribution >= 4 is 0 Å². The van der Waals surface area contributed by atoms with Gasteiger partial charge in [0.05, 0.1) is 0 Å². The van der Waals surface area contributed by atoms with E-state index >= 15 is 0 Å². The fourth-order valence-corrected chi connectivity index (χ4v) is 1.37. The summed E-state index contributed by atoms with van der Waals surface area (Å²) in [6, 6.07) is -0.158. The third kappa shape index (κ3) is 2.34. The summed E-state index contributed by atoms with van der Waals surface area (Å²) in [7, 11) is 0. The predicted octanol–water partition coefficient (Wildman–Crippen LogP) is 0.465. The number of hydrogen-bond acceptors (Lipinski definition) is 4. The number of rotatable bonds is 2. The SMILES string of the molecule is NC1CCCCC1O[N+](=O)[O-]. The Morgan fingerprint density at radius 2 is 2.09 bits per heavy atom. The van der Waals surface area contributed by atoms with Crippen LogP contribution < -0.4 is 5.73 Å². The molecule has 0 radical (unpaired) electrons. The monoisotopic (exact) mass is 160 g/mol. The molecule has 0 aromatic carbocycles. The van der Waals surface area contributed by atoms with Gasteiger partial charge >= 0.3 is 0 Å². The molecule has 2 unspecified atom stereocenters. The van der Waals surface area contributed by atoms with Gasteiger partial charge in [-0.25, -0.2) is 0 Å². The molecule has 0 amide bonds. The third-order valence-corrected chi connectivity index (χ3v) is 1.98. The van der Waals surface area contributed by atoms with Gasteiger partial charge in [-0.2, -0.15) is 0 Å². The van der Waals surface area contributed by atoms with E-state index in [1.807, 2.05) is 0 Å². The molecule has 0 aromatic rings. The molecule has 64 valence electrons. The summed E-state index contributed by atoms with van der Waals surface area (Å²) in [5.74, 6) is 0. The zero-order valence-corrected chi connectivity index (χ0v) is 6.23. The Labute approximate surface area is 64.6 Å². The molecular weight excluding hydrogens is 148 g/mol. The maximum atomic E-state index is 9.94. The molecule has 0 bridgehead atoms. The van der Waals surface area contributed by atoms with Gasteiger partial charge in [-0.05, 0) is 12.8 Å². The smallest absolute Gasteiger partial charge is 0.294 e. The molecule has 1 aliphatic rings. The summed E-state index contributed by atoms with van der Waals surface area (Å²) in [5, 5.41) is 9.19. The Morgan fingerprint density at radius 3 is 2.64 bits per heavy atom. The minimum absolute atomic E-state index is 0.158. The van der Waals surface area contributed by atoms with Gasteiger partial charge in [0.2, 0.25) is 0 Å². The highest BCUT2D eigenvalue weighted by Crippen LogP contribution is 2.19. The van der Waals surface area contributed by atoms with Gasteiger partial charge in [0, 0.05) is 6.04 Å². The molecule has 2 atom stereocenters. The Kier molecular flexibility index (Phi) is 2.64. The van der Waals surface area contributed by atoms with Crippen molar-refractivity contribution in [1.29, 1.82) is 0 Å². The lowest BCUT2D eigenvalue weighted by Crippen LogP contribution is -2.40. The molecule has 5 heteroatoms. The molecule has 0 saturated heterocycles. The summed E-state index contributed by atoms with van der Waals surface area (Å²) < 4.78 is 0. The third-order valence-electron chi connectivity index (χ3n) is 1.98. The van der Waals surface area contributed by atoms with Crippen molar-refractivity contribution in [2.45, 2.75) is 37.8 Å². The van der Waals surface area contributed by atoms with E-state index in [2.05, 4.69) is 4.84 Å². The lowest BCUT2D eigenvalue weighted by Gasteiger charge is -2.25. The second-order valence-corrected chi connectivity index (χ2v) is 2.82. The molecule has 0 aromatic heterocycles. The van der Waals surface area contributed by atoms with Crippen LogP contribution in [0.2, 0.25) is 0 Å². The van der Waals surface area contributed by atoms with E-state index in [0.29, 0.717) is 6.42 Å². The highest BCUT2D eigenvalue weighted by molar-refractivity contribution is 4.77. The average molecular weight is 160 g/mol. The Bertz CT molecular complexity index is 151. The minimum Gasteiger partial charge on any atom is -0.326 e. The van der Waals surface area contributed by atoms with Crippen molar-refractivity contribution in [3.63, 3.8) is 0 Å². The lowest BCUT2D eigenvalue weighted by molar-refractivity contribution is -0.769. The van der Waals surface area contributed by atoms with Crippen LogP contribution in [0, 0.1) is 10.1 Å². The molecule has 0 heterocycles. The van der Waals surface area contributed by atoms with Crippen LogP contribution in [0.15, 0.2) is 0 Å². The highest BCUT2D eigenvalue weighted by atomic mass is 17.0. The van der Waals surface area contributed by atoms with Crippen molar-refractivity contribution in [2.24, 2.45) is 5.73 Å². The quantitative estimate of drug-likeness (QED) is 0.470. The molecule has 1 rings (SSSR count). The van der Waals surface area contributed by atoms with Gasteiger partial charge in [0.25, 0.3) is 5.09 Å². The fraction of sp³-hybridized carbons (Fsp3) is 1.00. The van der Waals surface area contributed by atoms with E-state index in [1.165, 1.54) is 0 Å². The van der Waals surface area contributed by atoms with Gasteiger partial charge in [0.15, 0.2) is 0 Å². The average Bonchev–Trinajstić information content (AvgIpc) is 1.93. The number of nitrogens with zero attached hydrogens (tertiary/aromatic N) is 1. The second kappa shape index (κ2) is 3.52. The largest absolute Gasteiger partial charge is 0.326 e. The van der Waals surface area contributed by atoms with E-state index in [9.17, 15) is 10.1 Å². The molecule has 1 fully saturated rings. The lowest BCUT2D eigenvalue weighted by atomic mass is 9.93. The fourth-order valence-electron chi connectivity index (χ4n) is 1.37. The van der Waals surface area contributed by atoms with Crippen LogP contribution in [-0.4, -0.2) is 17.2 Å². The van der Waals surface area contributed by atoms with E-state index in [4.69, 9.17) is 5.73 Å². The van der Waals surface area contributed by atoms with Crippen LogP contribution in [0.5, 0.6) is 0 Å². The molecule has 1 saturated carbocycles. The second-order valence-electron chi connectivity index (χ2n) is 2.82. The first kappa shape index (κ1) is 8.26. The van der Waals surface area contributed by atoms with Crippen molar-refractivity contribution in [3.8, 4) is 0 Å². The molecular formula is C6H12N2O3. The van der Waals surface area contributed by atoms with Crippen molar-refractivity contribution < 1.29 is 9.92 Å². The van der Waals surface area contributed by atoms with Crippen molar-refractivity contribution in [3.05, 3.63) is 10.1 Å². The predicted molar refractivity (Wildman–Crippen MR) is 38.3 cm³/mol. The first-order valence-corrected chi connectivity index (χ1v) is 3.77. The number of nitrogens with two attached hydrogens (primary N) is 1. The van der Waals surface area contributed by atoms with Gasteiger partial charge in [0.1, 0.15) is 6.10 Å². The van der Waals surface area contributed by atoms with Gasteiger partial charge in [-0.15, -0.1) is 10.1 Å².